The van der Waals surface area contributed by atoms with Crippen molar-refractivity contribution in [2.75, 3.05) is 0 Å². The first-order valence-corrected chi connectivity index (χ1v) is 16.3. The van der Waals surface area contributed by atoms with E-state index in [0.29, 0.717) is 0 Å². The van der Waals surface area contributed by atoms with Crippen molar-refractivity contribution >= 4 is 24.0 Å². The Morgan fingerprint density at radius 2 is 1.25 bits per heavy atom. The van der Waals surface area contributed by atoms with Crippen molar-refractivity contribution in [1.29, 1.82) is 0 Å². The van der Waals surface area contributed by atoms with Crippen LogP contribution >= 0.6 is 0 Å². The molecular weight excluding hydrogens is 382 g/mol. The molecule has 20 heavy (non-hydrogen) atoms. The molecule has 1 unspecified atom stereocenters. The summed E-state index contributed by atoms with van der Waals surface area (Å²) in [6.07, 6.45) is 4.82. The summed E-state index contributed by atoms with van der Waals surface area (Å²) in [6.45, 7) is 0. The van der Waals surface area contributed by atoms with Gasteiger partial charge in [-0.1, -0.05) is 0 Å². The second-order valence-electron chi connectivity index (χ2n) is 5.82. The van der Waals surface area contributed by atoms with E-state index in [1.54, 1.807) is 12.2 Å². The molecule has 0 N–H and O–H groups in total. The zero-order chi connectivity index (χ0) is 15.2. The Bertz CT molecular complexity index is 596. The van der Waals surface area contributed by atoms with E-state index in [0.717, 1.165) is 0 Å². The van der Waals surface area contributed by atoms with Gasteiger partial charge in [0.1, 0.15) is 0 Å². The number of rotatable bonds is 2. The molecule has 1 aliphatic carbocycles. The summed E-state index contributed by atoms with van der Waals surface area (Å²) in [7, 11) is 0. The van der Waals surface area contributed by atoms with Crippen LogP contribution in [0.2, 0.25) is 18.8 Å². The van der Waals surface area contributed by atoms with Gasteiger partial charge in [0.05, 0.1) is 0 Å². The van der Waals surface area contributed by atoms with Crippen LogP contribution in [0.4, 0.5) is 22.0 Å². The quantitative estimate of drug-likeness (QED) is 0.285. The molecule has 6 heteroatoms. The third-order valence-corrected chi connectivity index (χ3v) is 10.1. The second kappa shape index (κ2) is 5.16. The fourth-order valence-corrected chi connectivity index (χ4v) is 5.94. The van der Waals surface area contributed by atoms with E-state index in [1.807, 2.05) is 0 Å². The second-order valence-corrected chi connectivity index (χ2v) is 21.2. The topological polar surface area (TPSA) is 0 Å². The van der Waals surface area contributed by atoms with Gasteiger partial charge < -0.3 is 0 Å². The molecular formula is C14H13F5Sn. The van der Waals surface area contributed by atoms with E-state index in [4.69, 9.17) is 0 Å². The van der Waals surface area contributed by atoms with E-state index in [-0.39, 0.29) is 9.51 Å². The van der Waals surface area contributed by atoms with Gasteiger partial charge in [0.15, 0.2) is 0 Å². The zero-order valence-corrected chi connectivity index (χ0v) is 14.1. The number of benzene rings is 1. The molecule has 2 rings (SSSR count). The molecule has 0 bridgehead atoms. The molecule has 0 aliphatic heterocycles. The molecule has 0 spiro atoms. The molecule has 0 heterocycles. The number of hydrogen-bond donors (Lipinski definition) is 0. The first kappa shape index (κ1) is 15.5. The molecule has 108 valence electrons. The van der Waals surface area contributed by atoms with E-state index in [1.165, 1.54) is 6.08 Å². The Hall–Kier alpha value is -0.851. The van der Waals surface area contributed by atoms with E-state index in [2.05, 4.69) is 14.8 Å². The first-order valence-electron chi connectivity index (χ1n) is 6.06. The van der Waals surface area contributed by atoms with Gasteiger partial charge in [-0.25, -0.2) is 0 Å². The van der Waals surface area contributed by atoms with E-state index in [9.17, 15) is 22.0 Å². The molecule has 1 aliphatic rings. The van der Waals surface area contributed by atoms with Crippen LogP contribution in [0.5, 0.6) is 0 Å². The molecule has 1 aromatic rings. The van der Waals surface area contributed by atoms with Crippen molar-refractivity contribution in [3.05, 3.63) is 52.9 Å². The van der Waals surface area contributed by atoms with Crippen molar-refractivity contribution in [1.82, 2.24) is 0 Å². The molecule has 0 saturated carbocycles. The van der Waals surface area contributed by atoms with E-state index < -0.39 is 53.0 Å². The van der Waals surface area contributed by atoms with Crippen LogP contribution < -0.4 is 0 Å². The Balaban J connectivity index is 2.59. The minimum absolute atomic E-state index is 0.0643. The standard InChI is InChI=1S/C11H4F5.3CH3.Sn/c12-7-6(5-3-1-2-4-5)8(13)10(15)11(16)9(7)14;;;;/h1-4H;3*1H3;. The molecule has 0 nitrogen and oxygen atoms in total. The van der Waals surface area contributed by atoms with Gasteiger partial charge in [0.25, 0.3) is 0 Å². The van der Waals surface area contributed by atoms with Crippen LogP contribution in [-0.2, 0) is 0 Å². The van der Waals surface area contributed by atoms with Crippen LogP contribution in [0.1, 0.15) is 5.56 Å². The summed E-state index contributed by atoms with van der Waals surface area (Å²) >= 11 is -2.38. The van der Waals surface area contributed by atoms with Crippen LogP contribution in [0.25, 0.3) is 5.57 Å². The van der Waals surface area contributed by atoms with Crippen molar-refractivity contribution in [3.8, 4) is 0 Å². The number of hydrogen-bond acceptors (Lipinski definition) is 0. The maximum atomic E-state index is 13.7. The molecule has 0 fully saturated rings. The molecule has 1 atom stereocenters. The third-order valence-electron chi connectivity index (χ3n) is 3.34. The average Bonchev–Trinajstić information content (AvgIpc) is 2.83. The fraction of sp³-hybridized carbons (Fsp3) is 0.286. The van der Waals surface area contributed by atoms with Gasteiger partial charge in [-0.05, 0) is 0 Å². The molecule has 1 aromatic carbocycles. The van der Waals surface area contributed by atoms with Crippen molar-refractivity contribution in [2.24, 2.45) is 0 Å². The summed E-state index contributed by atoms with van der Waals surface area (Å²) in [6, 6.07) is 0. The van der Waals surface area contributed by atoms with Crippen LogP contribution in [-0.4, -0.2) is 18.4 Å². The monoisotopic (exact) mass is 396 g/mol. The number of halogens is 5. The maximum absolute atomic E-state index is 13.7. The molecule has 0 saturated heterocycles. The van der Waals surface area contributed by atoms with Gasteiger partial charge in [-0.15, -0.1) is 0 Å². The van der Waals surface area contributed by atoms with Crippen molar-refractivity contribution in [2.45, 2.75) is 18.8 Å². The van der Waals surface area contributed by atoms with Crippen LogP contribution in [0, 0.1) is 29.1 Å². The van der Waals surface area contributed by atoms with Crippen molar-refractivity contribution < 1.29 is 22.0 Å². The van der Waals surface area contributed by atoms with Gasteiger partial charge in [0.2, 0.25) is 0 Å². The molecule has 0 amide bonds. The molecule has 0 aromatic heterocycles. The third kappa shape index (κ3) is 2.52. The number of allylic oxidation sites excluding steroid dienone is 4. The van der Waals surface area contributed by atoms with Gasteiger partial charge in [-0.2, -0.15) is 0 Å². The van der Waals surface area contributed by atoms with Crippen molar-refractivity contribution in [3.63, 3.8) is 0 Å². The summed E-state index contributed by atoms with van der Waals surface area (Å²) in [5, 5.41) is 0. The van der Waals surface area contributed by atoms with Gasteiger partial charge in [-0.3, -0.25) is 0 Å². The Morgan fingerprint density at radius 3 is 1.65 bits per heavy atom. The Labute approximate surface area is 117 Å². The Kier molecular flexibility index (Phi) is 4.01. The van der Waals surface area contributed by atoms with Crippen LogP contribution in [0.15, 0.2) is 18.2 Å². The zero-order valence-electron chi connectivity index (χ0n) is 11.2. The first-order chi connectivity index (χ1) is 9.14. The summed E-state index contributed by atoms with van der Waals surface area (Å²) < 4.78 is 66.8. The average molecular weight is 395 g/mol. The van der Waals surface area contributed by atoms with Gasteiger partial charge in [0, 0.05) is 0 Å². The van der Waals surface area contributed by atoms with Gasteiger partial charge >= 0.3 is 118 Å². The van der Waals surface area contributed by atoms with E-state index >= 15 is 0 Å². The van der Waals surface area contributed by atoms with Crippen LogP contribution in [0.3, 0.4) is 0 Å². The fourth-order valence-electron chi connectivity index (χ4n) is 2.08. The Morgan fingerprint density at radius 1 is 0.800 bits per heavy atom. The predicted molar refractivity (Wildman–Crippen MR) is 70.4 cm³/mol. The normalized spacial score (nSPS) is 18.6. The summed E-state index contributed by atoms with van der Waals surface area (Å²) in [5.74, 6) is -9.49. The minimum atomic E-state index is -2.38. The predicted octanol–water partition coefficient (Wildman–Crippen LogP) is 5.04. The SMILES string of the molecule is [CH3][Sn]([CH3])([CH3])[CH]1C=CC(c2c(F)c(F)c(F)c(F)c2F)=C1. The summed E-state index contributed by atoms with van der Waals surface area (Å²) in [5.41, 5.74) is -0.773. The summed E-state index contributed by atoms with van der Waals surface area (Å²) in [4.78, 5) is 6.38. The molecule has 0 radical (unpaired) electrons.